The van der Waals surface area contributed by atoms with Crippen molar-refractivity contribution in [1.29, 1.82) is 0 Å². The summed E-state index contributed by atoms with van der Waals surface area (Å²) in [5, 5.41) is 2.96. The van der Waals surface area contributed by atoms with Crippen molar-refractivity contribution >= 4 is 27.5 Å². The first-order chi connectivity index (χ1) is 17.3. The van der Waals surface area contributed by atoms with Gasteiger partial charge in [0.1, 0.15) is 11.9 Å². The third-order valence-corrected chi connectivity index (χ3v) is 7.49. The predicted octanol–water partition coefficient (Wildman–Crippen LogP) is 4.71. The zero-order valence-corrected chi connectivity index (χ0v) is 23.6. The van der Waals surface area contributed by atoms with Gasteiger partial charge in [-0.1, -0.05) is 32.0 Å². The summed E-state index contributed by atoms with van der Waals surface area (Å²) in [5.41, 5.74) is 3.17. The topological polar surface area (TPSA) is 86.8 Å². The number of hydrogen-bond donors (Lipinski definition) is 1. The van der Waals surface area contributed by atoms with Crippen LogP contribution in [0, 0.1) is 19.7 Å². The number of hydrogen-bond acceptors (Lipinski definition) is 4. The number of aryl methyl sites for hydroxylation is 2. The Morgan fingerprint density at radius 2 is 1.59 bits per heavy atom. The van der Waals surface area contributed by atoms with Crippen LogP contribution in [0.25, 0.3) is 0 Å². The maximum absolute atomic E-state index is 13.5. The monoisotopic (exact) mass is 533 g/mol. The highest BCUT2D eigenvalue weighted by Crippen LogP contribution is 2.22. The maximum Gasteiger partial charge on any atom is 0.243 e. The van der Waals surface area contributed by atoms with E-state index < -0.39 is 16.1 Å². The van der Waals surface area contributed by atoms with E-state index in [0.717, 1.165) is 23.8 Å². The Kier molecular flexibility index (Phi) is 11.1. The van der Waals surface area contributed by atoms with E-state index in [1.807, 2.05) is 52.8 Å². The molecule has 37 heavy (non-hydrogen) atoms. The van der Waals surface area contributed by atoms with Gasteiger partial charge in [0.2, 0.25) is 21.8 Å². The van der Waals surface area contributed by atoms with Crippen LogP contribution >= 0.6 is 0 Å². The lowest BCUT2D eigenvalue weighted by molar-refractivity contribution is -0.141. The van der Waals surface area contributed by atoms with Gasteiger partial charge in [-0.3, -0.25) is 13.9 Å². The molecule has 1 N–H and O–H groups in total. The normalized spacial score (nSPS) is 13.1. The molecule has 7 nitrogen and oxygen atoms in total. The summed E-state index contributed by atoms with van der Waals surface area (Å²) in [4.78, 5) is 28.0. The van der Waals surface area contributed by atoms with Crippen LogP contribution in [0.4, 0.5) is 10.1 Å². The summed E-state index contributed by atoms with van der Waals surface area (Å²) in [6.45, 7) is 9.82. The molecule has 0 unspecified atom stereocenters. The second kappa shape index (κ2) is 13.6. The minimum absolute atomic E-state index is 0.0366. The van der Waals surface area contributed by atoms with Gasteiger partial charge in [-0.2, -0.15) is 0 Å². The molecule has 0 saturated carbocycles. The first-order valence-corrected chi connectivity index (χ1v) is 14.6. The molecule has 0 aliphatic heterocycles. The summed E-state index contributed by atoms with van der Waals surface area (Å²) in [6.07, 6.45) is 2.66. The fourth-order valence-electron chi connectivity index (χ4n) is 4.25. The molecule has 2 aromatic carbocycles. The molecule has 2 amide bonds. The highest BCUT2D eigenvalue weighted by atomic mass is 32.2. The van der Waals surface area contributed by atoms with Gasteiger partial charge in [-0.25, -0.2) is 12.8 Å². The van der Waals surface area contributed by atoms with Gasteiger partial charge in [-0.05, 0) is 81.0 Å². The molecule has 204 valence electrons. The molecule has 2 atom stereocenters. The Hall–Kier alpha value is -2.94. The van der Waals surface area contributed by atoms with Crippen molar-refractivity contribution in [3.63, 3.8) is 0 Å². The fraction of sp³-hybridized carbons (Fsp3) is 0.500. The standard InChI is InChI=1S/C28H40FN3O4S/c1-7-22(5)30-28(34)26(8-2)31(19-23-11-13-24(29)14-12-23)27(33)10-9-15-32(37(6,35)36)25-17-20(3)16-21(4)18-25/h11-14,16-18,22,26H,7-10,15,19H2,1-6H3,(H,30,34)/t22-,26+/m0/s1. The smallest absolute Gasteiger partial charge is 0.243 e. The van der Waals surface area contributed by atoms with Crippen LogP contribution in [0.2, 0.25) is 0 Å². The number of sulfonamides is 1. The van der Waals surface area contributed by atoms with Gasteiger partial charge in [0, 0.05) is 25.6 Å². The van der Waals surface area contributed by atoms with Gasteiger partial charge in [0.25, 0.3) is 0 Å². The van der Waals surface area contributed by atoms with E-state index >= 15 is 0 Å². The molecule has 0 radical (unpaired) electrons. The molecular weight excluding hydrogens is 493 g/mol. The minimum atomic E-state index is -3.56. The summed E-state index contributed by atoms with van der Waals surface area (Å²) < 4.78 is 39.9. The molecule has 0 aromatic heterocycles. The van der Waals surface area contributed by atoms with Crippen molar-refractivity contribution in [2.45, 2.75) is 78.9 Å². The van der Waals surface area contributed by atoms with Crippen LogP contribution in [0.5, 0.6) is 0 Å². The minimum Gasteiger partial charge on any atom is -0.352 e. The lowest BCUT2D eigenvalue weighted by Crippen LogP contribution is -2.50. The molecule has 0 spiro atoms. The SMILES string of the molecule is CC[C@H](C(=O)N[C@@H](C)CC)N(Cc1ccc(F)cc1)C(=O)CCCN(c1cc(C)cc(C)c1)S(C)(=O)=O. The van der Waals surface area contributed by atoms with E-state index in [1.165, 1.54) is 21.3 Å². The molecule has 2 aromatic rings. The van der Waals surface area contributed by atoms with Crippen molar-refractivity contribution in [2.24, 2.45) is 0 Å². The molecule has 0 fully saturated rings. The quantitative estimate of drug-likeness (QED) is 0.404. The van der Waals surface area contributed by atoms with Crippen molar-refractivity contribution < 1.29 is 22.4 Å². The van der Waals surface area contributed by atoms with Gasteiger partial charge >= 0.3 is 0 Å². The van der Waals surface area contributed by atoms with Crippen molar-refractivity contribution in [3.05, 3.63) is 65.0 Å². The van der Waals surface area contributed by atoms with Crippen LogP contribution in [0.1, 0.15) is 63.1 Å². The number of carbonyl (C=O) groups excluding carboxylic acids is 2. The Labute approximate surface area is 221 Å². The zero-order chi connectivity index (χ0) is 27.8. The van der Waals surface area contributed by atoms with Crippen LogP contribution < -0.4 is 9.62 Å². The van der Waals surface area contributed by atoms with Crippen LogP contribution in [0.15, 0.2) is 42.5 Å². The average Bonchev–Trinajstić information content (AvgIpc) is 2.81. The number of benzene rings is 2. The Morgan fingerprint density at radius 3 is 2.11 bits per heavy atom. The molecule has 0 saturated heterocycles. The number of amides is 2. The van der Waals surface area contributed by atoms with Gasteiger partial charge in [0.15, 0.2) is 0 Å². The Balaban J connectivity index is 2.24. The number of halogens is 1. The van der Waals surface area contributed by atoms with Gasteiger partial charge < -0.3 is 10.2 Å². The highest BCUT2D eigenvalue weighted by molar-refractivity contribution is 7.92. The number of carbonyl (C=O) groups is 2. The van der Waals surface area contributed by atoms with E-state index in [1.54, 1.807) is 12.1 Å². The first-order valence-electron chi connectivity index (χ1n) is 12.8. The van der Waals surface area contributed by atoms with Crippen LogP contribution in [-0.2, 0) is 26.2 Å². The first kappa shape index (κ1) is 30.3. The molecule has 0 heterocycles. The second-order valence-electron chi connectivity index (χ2n) is 9.67. The third kappa shape index (κ3) is 9.14. The van der Waals surface area contributed by atoms with Gasteiger partial charge in [-0.15, -0.1) is 0 Å². The van der Waals surface area contributed by atoms with Crippen molar-refractivity contribution in [2.75, 3.05) is 17.1 Å². The zero-order valence-electron chi connectivity index (χ0n) is 22.8. The summed E-state index contributed by atoms with van der Waals surface area (Å²) in [6, 6.07) is 10.7. The molecule has 9 heteroatoms. The maximum atomic E-state index is 13.5. The average molecular weight is 534 g/mol. The molecule has 2 rings (SSSR count). The third-order valence-electron chi connectivity index (χ3n) is 6.30. The van der Waals surface area contributed by atoms with Crippen molar-refractivity contribution in [1.82, 2.24) is 10.2 Å². The predicted molar refractivity (Wildman–Crippen MR) is 146 cm³/mol. The molecular formula is C28H40FN3O4S. The Morgan fingerprint density at radius 1 is 1.00 bits per heavy atom. The highest BCUT2D eigenvalue weighted by Gasteiger charge is 2.29. The summed E-state index contributed by atoms with van der Waals surface area (Å²) in [7, 11) is -3.56. The van der Waals surface area contributed by atoms with Crippen molar-refractivity contribution in [3.8, 4) is 0 Å². The fourth-order valence-corrected chi connectivity index (χ4v) is 5.19. The number of rotatable bonds is 13. The lowest BCUT2D eigenvalue weighted by Gasteiger charge is -2.32. The molecule has 0 aliphatic carbocycles. The van der Waals surface area contributed by atoms with E-state index in [-0.39, 0.29) is 49.6 Å². The van der Waals surface area contributed by atoms with E-state index in [4.69, 9.17) is 0 Å². The number of nitrogens with one attached hydrogen (secondary N) is 1. The van der Waals surface area contributed by atoms with Crippen LogP contribution in [-0.4, -0.2) is 50.0 Å². The van der Waals surface area contributed by atoms with E-state index in [9.17, 15) is 22.4 Å². The number of anilines is 1. The molecule has 0 aliphatic rings. The molecule has 0 bridgehead atoms. The van der Waals surface area contributed by atoms with Crippen LogP contribution in [0.3, 0.4) is 0 Å². The largest absolute Gasteiger partial charge is 0.352 e. The Bertz CT molecular complexity index is 1150. The lowest BCUT2D eigenvalue weighted by atomic mass is 10.1. The van der Waals surface area contributed by atoms with E-state index in [0.29, 0.717) is 17.7 Å². The number of nitrogens with zero attached hydrogens (tertiary/aromatic N) is 2. The summed E-state index contributed by atoms with van der Waals surface area (Å²) >= 11 is 0. The summed E-state index contributed by atoms with van der Waals surface area (Å²) in [5.74, 6) is -0.875. The second-order valence-corrected chi connectivity index (χ2v) is 11.6. The van der Waals surface area contributed by atoms with Gasteiger partial charge in [0.05, 0.1) is 11.9 Å². The van der Waals surface area contributed by atoms with E-state index in [2.05, 4.69) is 5.32 Å².